The first-order chi connectivity index (χ1) is 6.68. The van der Waals surface area contributed by atoms with Gasteiger partial charge < -0.3 is 19.3 Å². The van der Waals surface area contributed by atoms with Crippen LogP contribution in [0.4, 0.5) is 0 Å². The van der Waals surface area contributed by atoms with Gasteiger partial charge in [-0.2, -0.15) is 0 Å². The molecular formula is C11H28O4. The number of rotatable bonds is 7. The maximum atomic E-state index is 8.43. The molecule has 15 heavy (non-hydrogen) atoms. The van der Waals surface area contributed by atoms with Crippen molar-refractivity contribution >= 4 is 0 Å². The summed E-state index contributed by atoms with van der Waals surface area (Å²) in [6.07, 6.45) is 0.763. The molecule has 0 radical (unpaired) electrons. The van der Waals surface area contributed by atoms with Crippen LogP contribution in [0.2, 0.25) is 0 Å². The Morgan fingerprint density at radius 2 is 1.67 bits per heavy atom. The molecule has 0 spiro atoms. The molecule has 0 rings (SSSR count). The van der Waals surface area contributed by atoms with Crippen molar-refractivity contribution in [2.45, 2.75) is 33.8 Å². The quantitative estimate of drug-likeness (QED) is 0.669. The van der Waals surface area contributed by atoms with Crippen LogP contribution in [0.1, 0.15) is 27.7 Å². The average Bonchev–Trinajstić information content (AvgIpc) is 2.13. The van der Waals surface area contributed by atoms with E-state index in [2.05, 4.69) is 11.7 Å². The first-order valence-electron chi connectivity index (χ1n) is 4.92. The summed E-state index contributed by atoms with van der Waals surface area (Å²) in [5.74, 6) is 0. The third-order valence-corrected chi connectivity index (χ3v) is 1.19. The zero-order chi connectivity index (χ0) is 11.2. The number of ether oxygens (including phenoxy) is 3. The molecule has 0 aliphatic rings. The van der Waals surface area contributed by atoms with Gasteiger partial charge in [0.25, 0.3) is 0 Å². The minimum atomic E-state index is -0.324. The Labute approximate surface area is 94.5 Å². The van der Waals surface area contributed by atoms with Crippen molar-refractivity contribution in [1.82, 2.24) is 0 Å². The Kier molecular flexibility index (Phi) is 26.2. The second-order valence-corrected chi connectivity index (χ2v) is 2.91. The number of aliphatic hydroxyl groups is 1. The fraction of sp³-hybridized carbons (Fsp3) is 1.00. The largest absolute Gasteiger partial charge is 0.391 e. The molecule has 0 aromatic carbocycles. The van der Waals surface area contributed by atoms with Crippen LogP contribution in [0.5, 0.6) is 0 Å². The molecule has 1 N–H and O–H groups in total. The number of hydrogen-bond acceptors (Lipinski definition) is 4. The van der Waals surface area contributed by atoms with E-state index < -0.39 is 0 Å². The Balaban J connectivity index is -0.000000187. The van der Waals surface area contributed by atoms with Crippen molar-refractivity contribution in [2.75, 3.05) is 40.6 Å². The Morgan fingerprint density at radius 1 is 1.07 bits per heavy atom. The number of aliphatic hydroxyl groups excluding tert-OH is 1. The Bertz CT molecular complexity index is 80.7. The van der Waals surface area contributed by atoms with E-state index in [1.54, 1.807) is 21.1 Å². The van der Waals surface area contributed by atoms with E-state index in [0.29, 0.717) is 13.2 Å². The molecule has 1 unspecified atom stereocenters. The molecule has 0 aliphatic heterocycles. The van der Waals surface area contributed by atoms with Crippen LogP contribution in [-0.4, -0.2) is 51.9 Å². The molecule has 0 aromatic rings. The van der Waals surface area contributed by atoms with Gasteiger partial charge in [0.05, 0.1) is 25.9 Å². The van der Waals surface area contributed by atoms with Gasteiger partial charge in [-0.15, -0.1) is 0 Å². The van der Waals surface area contributed by atoms with E-state index in [4.69, 9.17) is 14.6 Å². The van der Waals surface area contributed by atoms with E-state index in [-0.39, 0.29) is 13.5 Å². The lowest BCUT2D eigenvalue weighted by Gasteiger charge is -1.98. The van der Waals surface area contributed by atoms with E-state index in [1.807, 2.05) is 0 Å². The lowest BCUT2D eigenvalue weighted by molar-refractivity contribution is 0.0710. The topological polar surface area (TPSA) is 47.9 Å². The summed E-state index contributed by atoms with van der Waals surface area (Å²) in [7, 11) is 3.24. The van der Waals surface area contributed by atoms with Crippen LogP contribution < -0.4 is 0 Å². The van der Waals surface area contributed by atoms with Gasteiger partial charge in [0, 0.05) is 20.8 Å². The molecule has 0 fully saturated rings. The lowest BCUT2D eigenvalue weighted by atomic mass is 10.5. The molecule has 0 aliphatic carbocycles. The second kappa shape index (κ2) is 19.4. The summed E-state index contributed by atoms with van der Waals surface area (Å²) in [5, 5.41) is 8.43. The van der Waals surface area contributed by atoms with Gasteiger partial charge in [-0.25, -0.2) is 0 Å². The van der Waals surface area contributed by atoms with Crippen LogP contribution in [-0.2, 0) is 14.2 Å². The summed E-state index contributed by atoms with van der Waals surface area (Å²) < 4.78 is 14.4. The van der Waals surface area contributed by atoms with Gasteiger partial charge in [0.2, 0.25) is 0 Å². The highest BCUT2D eigenvalue weighted by molar-refractivity contribution is 4.36. The smallest absolute Gasteiger partial charge is 0.0745 e. The van der Waals surface area contributed by atoms with Gasteiger partial charge >= 0.3 is 0 Å². The van der Waals surface area contributed by atoms with Crippen molar-refractivity contribution in [2.24, 2.45) is 0 Å². The maximum Gasteiger partial charge on any atom is 0.0745 e. The molecule has 0 saturated carbocycles. The monoisotopic (exact) mass is 224 g/mol. The lowest BCUT2D eigenvalue weighted by Crippen LogP contribution is -2.07. The fourth-order valence-electron chi connectivity index (χ4n) is 0.630. The minimum Gasteiger partial charge on any atom is -0.391 e. The second-order valence-electron chi connectivity index (χ2n) is 2.91. The zero-order valence-electron chi connectivity index (χ0n) is 9.78. The van der Waals surface area contributed by atoms with Crippen molar-refractivity contribution in [3.05, 3.63) is 0 Å². The SMILES string of the molecule is C.CCCOCCOC.COCC(C)O. The van der Waals surface area contributed by atoms with Gasteiger partial charge in [0.15, 0.2) is 0 Å². The highest BCUT2D eigenvalue weighted by Crippen LogP contribution is 1.78. The zero-order valence-corrected chi connectivity index (χ0v) is 9.78. The van der Waals surface area contributed by atoms with Gasteiger partial charge in [-0.3, -0.25) is 0 Å². The van der Waals surface area contributed by atoms with Crippen molar-refractivity contribution in [3.8, 4) is 0 Å². The molecule has 4 nitrogen and oxygen atoms in total. The summed E-state index contributed by atoms with van der Waals surface area (Å²) in [6, 6.07) is 0. The normalized spacial score (nSPS) is 11.0. The van der Waals surface area contributed by atoms with Crippen LogP contribution >= 0.6 is 0 Å². The minimum absolute atomic E-state index is 0. The Morgan fingerprint density at radius 3 is 1.93 bits per heavy atom. The van der Waals surface area contributed by atoms with E-state index in [0.717, 1.165) is 19.6 Å². The summed E-state index contributed by atoms with van der Waals surface area (Å²) in [4.78, 5) is 0. The fourth-order valence-corrected chi connectivity index (χ4v) is 0.630. The number of methoxy groups -OCH3 is 2. The number of hydrogen-bond donors (Lipinski definition) is 1. The predicted octanol–water partition coefficient (Wildman–Crippen LogP) is 1.71. The third-order valence-electron chi connectivity index (χ3n) is 1.19. The third kappa shape index (κ3) is 31.6. The van der Waals surface area contributed by atoms with Crippen molar-refractivity contribution in [3.63, 3.8) is 0 Å². The molecule has 4 heteroatoms. The van der Waals surface area contributed by atoms with Gasteiger partial charge in [-0.05, 0) is 13.3 Å². The summed E-state index contributed by atoms with van der Waals surface area (Å²) in [6.45, 7) is 6.49. The molecular weight excluding hydrogens is 196 g/mol. The highest BCUT2D eigenvalue weighted by Gasteiger charge is 1.87. The summed E-state index contributed by atoms with van der Waals surface area (Å²) in [5.41, 5.74) is 0. The molecule has 0 bridgehead atoms. The summed E-state index contributed by atoms with van der Waals surface area (Å²) >= 11 is 0. The standard InChI is InChI=1S/C6H14O2.C4H10O2.CH4/c1-3-4-8-6-5-7-2;1-4(5)3-6-2;/h3-6H2,1-2H3;4-5H,3H2,1-2H3;1H4. The molecule has 1 atom stereocenters. The van der Waals surface area contributed by atoms with E-state index in [9.17, 15) is 0 Å². The first kappa shape index (κ1) is 20.3. The van der Waals surface area contributed by atoms with Crippen LogP contribution in [0, 0.1) is 0 Å². The molecule has 0 aromatic heterocycles. The molecule has 0 saturated heterocycles. The predicted molar refractivity (Wildman–Crippen MR) is 63.3 cm³/mol. The molecule has 96 valence electrons. The van der Waals surface area contributed by atoms with Crippen LogP contribution in [0.15, 0.2) is 0 Å². The van der Waals surface area contributed by atoms with Crippen LogP contribution in [0.3, 0.4) is 0 Å². The maximum absolute atomic E-state index is 8.43. The van der Waals surface area contributed by atoms with Crippen molar-refractivity contribution in [1.29, 1.82) is 0 Å². The first-order valence-corrected chi connectivity index (χ1v) is 4.92. The van der Waals surface area contributed by atoms with Gasteiger partial charge in [0.1, 0.15) is 0 Å². The molecule has 0 heterocycles. The van der Waals surface area contributed by atoms with E-state index in [1.165, 1.54) is 0 Å². The van der Waals surface area contributed by atoms with E-state index >= 15 is 0 Å². The van der Waals surface area contributed by atoms with Crippen LogP contribution in [0.25, 0.3) is 0 Å². The molecule has 0 amide bonds. The van der Waals surface area contributed by atoms with Gasteiger partial charge in [-0.1, -0.05) is 14.4 Å². The average molecular weight is 224 g/mol. The van der Waals surface area contributed by atoms with Crippen molar-refractivity contribution < 1.29 is 19.3 Å². The Hall–Kier alpha value is -0.160. The highest BCUT2D eigenvalue weighted by atomic mass is 16.5.